The molecule has 1 saturated heterocycles. The Morgan fingerprint density at radius 2 is 1.81 bits per heavy atom. The molecular formula is C13H23N3O5. The second-order valence-electron chi connectivity index (χ2n) is 4.91. The Morgan fingerprint density at radius 1 is 1.24 bits per heavy atom. The van der Waals surface area contributed by atoms with E-state index in [9.17, 15) is 14.4 Å². The van der Waals surface area contributed by atoms with E-state index in [1.54, 1.807) is 18.7 Å². The molecule has 0 bridgehead atoms. The van der Waals surface area contributed by atoms with Gasteiger partial charge in [-0.1, -0.05) is 0 Å². The number of piperazine rings is 1. The zero-order chi connectivity index (χ0) is 16.0. The third-order valence-corrected chi connectivity index (χ3v) is 3.69. The number of carbonyl (C=O) groups is 3. The number of hydrogen-bond donors (Lipinski definition) is 1. The third-order valence-electron chi connectivity index (χ3n) is 3.69. The Labute approximate surface area is 124 Å². The number of nitrogens with zero attached hydrogens (tertiary/aromatic N) is 3. The summed E-state index contributed by atoms with van der Waals surface area (Å²) in [5, 5.41) is 8.98. The highest BCUT2D eigenvalue weighted by Crippen LogP contribution is 2.09. The van der Waals surface area contributed by atoms with Gasteiger partial charge in [-0.05, 0) is 13.8 Å². The molecule has 0 aromatic rings. The summed E-state index contributed by atoms with van der Waals surface area (Å²) in [6.45, 7) is 5.70. The summed E-state index contributed by atoms with van der Waals surface area (Å²) in [5.74, 6) is -1.32. The van der Waals surface area contributed by atoms with Crippen LogP contribution in [0, 0.1) is 0 Å². The van der Waals surface area contributed by atoms with Crippen molar-refractivity contribution in [1.82, 2.24) is 14.7 Å². The Hall–Kier alpha value is -1.83. The number of urea groups is 1. The summed E-state index contributed by atoms with van der Waals surface area (Å²) < 4.78 is 4.57. The number of hydrogen-bond acceptors (Lipinski definition) is 5. The molecule has 0 radical (unpaired) electrons. The molecule has 1 rings (SSSR count). The molecule has 1 fully saturated rings. The largest absolute Gasteiger partial charge is 0.480 e. The number of carboxylic acids is 1. The minimum absolute atomic E-state index is 0.0718. The third kappa shape index (κ3) is 4.59. The Kier molecular flexibility index (Phi) is 6.41. The smallest absolute Gasteiger partial charge is 0.325 e. The van der Waals surface area contributed by atoms with Gasteiger partial charge in [-0.3, -0.25) is 14.5 Å². The number of carboxylic acid groups (broad SMARTS) is 1. The van der Waals surface area contributed by atoms with Gasteiger partial charge in [0.05, 0.1) is 7.11 Å². The Bertz CT molecular complexity index is 393. The maximum Gasteiger partial charge on any atom is 0.325 e. The highest BCUT2D eigenvalue weighted by atomic mass is 16.5. The van der Waals surface area contributed by atoms with Crippen molar-refractivity contribution >= 4 is 18.0 Å². The zero-order valence-corrected chi connectivity index (χ0v) is 12.7. The molecule has 0 spiro atoms. The van der Waals surface area contributed by atoms with Gasteiger partial charge in [-0.2, -0.15) is 0 Å². The maximum atomic E-state index is 12.3. The zero-order valence-electron chi connectivity index (χ0n) is 12.7. The minimum Gasteiger partial charge on any atom is -0.480 e. The van der Waals surface area contributed by atoms with Crippen molar-refractivity contribution in [3.8, 4) is 0 Å². The molecule has 1 unspecified atom stereocenters. The molecule has 1 heterocycles. The van der Waals surface area contributed by atoms with Gasteiger partial charge >= 0.3 is 18.0 Å². The van der Waals surface area contributed by atoms with E-state index in [2.05, 4.69) is 4.74 Å². The van der Waals surface area contributed by atoms with Crippen molar-refractivity contribution in [2.45, 2.75) is 19.9 Å². The summed E-state index contributed by atoms with van der Waals surface area (Å²) in [6.07, 6.45) is 0. The van der Waals surface area contributed by atoms with Crippen molar-refractivity contribution in [2.24, 2.45) is 0 Å². The van der Waals surface area contributed by atoms with E-state index in [4.69, 9.17) is 5.11 Å². The van der Waals surface area contributed by atoms with Gasteiger partial charge in [-0.25, -0.2) is 4.79 Å². The van der Waals surface area contributed by atoms with E-state index < -0.39 is 18.0 Å². The molecule has 1 aliphatic heterocycles. The van der Waals surface area contributed by atoms with E-state index in [0.29, 0.717) is 32.7 Å². The monoisotopic (exact) mass is 301 g/mol. The van der Waals surface area contributed by atoms with Gasteiger partial charge in [0.25, 0.3) is 0 Å². The van der Waals surface area contributed by atoms with Crippen LogP contribution in [-0.2, 0) is 14.3 Å². The molecule has 8 nitrogen and oxygen atoms in total. The molecule has 1 atom stereocenters. The number of amides is 2. The average molecular weight is 301 g/mol. The van der Waals surface area contributed by atoms with Crippen LogP contribution in [0.2, 0.25) is 0 Å². The Balaban J connectivity index is 2.54. The summed E-state index contributed by atoms with van der Waals surface area (Å²) in [7, 11) is 1.28. The normalized spacial score (nSPS) is 17.2. The van der Waals surface area contributed by atoms with Crippen LogP contribution >= 0.6 is 0 Å². The maximum absolute atomic E-state index is 12.3. The lowest BCUT2D eigenvalue weighted by molar-refractivity contribution is -0.143. The van der Waals surface area contributed by atoms with E-state index in [1.165, 1.54) is 12.0 Å². The first kappa shape index (κ1) is 17.2. The molecule has 0 aromatic carbocycles. The molecule has 120 valence electrons. The lowest BCUT2D eigenvalue weighted by Crippen LogP contribution is -2.56. The van der Waals surface area contributed by atoms with E-state index >= 15 is 0 Å². The molecule has 0 aromatic heterocycles. The van der Waals surface area contributed by atoms with Crippen LogP contribution in [0.5, 0.6) is 0 Å². The van der Waals surface area contributed by atoms with Crippen molar-refractivity contribution in [1.29, 1.82) is 0 Å². The first-order chi connectivity index (χ1) is 9.90. The van der Waals surface area contributed by atoms with Gasteiger partial charge in [0, 0.05) is 32.7 Å². The van der Waals surface area contributed by atoms with Crippen LogP contribution in [0.15, 0.2) is 0 Å². The van der Waals surface area contributed by atoms with Crippen molar-refractivity contribution in [2.75, 3.05) is 46.4 Å². The quantitative estimate of drug-likeness (QED) is 0.701. The first-order valence-electron chi connectivity index (χ1n) is 6.98. The van der Waals surface area contributed by atoms with Crippen LogP contribution in [0.1, 0.15) is 13.8 Å². The molecule has 21 heavy (non-hydrogen) atoms. The molecule has 1 aliphatic rings. The van der Waals surface area contributed by atoms with Crippen LogP contribution in [0.3, 0.4) is 0 Å². The molecule has 0 aliphatic carbocycles. The topological polar surface area (TPSA) is 90.4 Å². The number of rotatable bonds is 5. The standard InChI is InChI=1S/C13H23N3O5/c1-4-14(9-11(17)21-3)13(20)16-7-5-15(6-8-16)10(2)12(18)19/h10H,4-9H2,1-3H3,(H,18,19). The van der Waals surface area contributed by atoms with Crippen LogP contribution in [0.4, 0.5) is 4.79 Å². The first-order valence-corrected chi connectivity index (χ1v) is 6.98. The molecular weight excluding hydrogens is 278 g/mol. The van der Waals surface area contributed by atoms with Gasteiger partial charge in [-0.15, -0.1) is 0 Å². The lowest BCUT2D eigenvalue weighted by Gasteiger charge is -2.38. The van der Waals surface area contributed by atoms with Gasteiger partial charge < -0.3 is 19.6 Å². The molecule has 0 saturated carbocycles. The van der Waals surface area contributed by atoms with E-state index in [1.807, 2.05) is 4.90 Å². The second kappa shape index (κ2) is 7.82. The highest BCUT2D eigenvalue weighted by molar-refractivity contribution is 5.81. The average Bonchev–Trinajstić information content (AvgIpc) is 2.50. The van der Waals surface area contributed by atoms with Crippen LogP contribution in [0.25, 0.3) is 0 Å². The highest BCUT2D eigenvalue weighted by Gasteiger charge is 2.29. The van der Waals surface area contributed by atoms with Gasteiger partial charge in [0.2, 0.25) is 0 Å². The van der Waals surface area contributed by atoms with E-state index in [-0.39, 0.29) is 12.6 Å². The van der Waals surface area contributed by atoms with Crippen molar-refractivity contribution < 1.29 is 24.2 Å². The SMILES string of the molecule is CCN(CC(=O)OC)C(=O)N1CCN(C(C)C(=O)O)CC1. The summed E-state index contributed by atoms with van der Waals surface area (Å²) in [4.78, 5) is 39.4. The van der Waals surface area contributed by atoms with Crippen LogP contribution in [-0.4, -0.2) is 90.2 Å². The fraction of sp³-hybridized carbons (Fsp3) is 0.769. The lowest BCUT2D eigenvalue weighted by atomic mass is 10.2. The fourth-order valence-corrected chi connectivity index (χ4v) is 2.19. The molecule has 8 heteroatoms. The van der Waals surface area contributed by atoms with Gasteiger partial charge in [0.15, 0.2) is 0 Å². The molecule has 2 amide bonds. The summed E-state index contributed by atoms with van der Waals surface area (Å²) >= 11 is 0. The number of aliphatic carboxylic acids is 1. The predicted octanol–water partition coefficient (Wildman–Crippen LogP) is -0.308. The minimum atomic E-state index is -0.865. The molecule has 1 N–H and O–H groups in total. The number of methoxy groups -OCH3 is 1. The number of carbonyl (C=O) groups excluding carboxylic acids is 2. The second-order valence-corrected chi connectivity index (χ2v) is 4.91. The van der Waals surface area contributed by atoms with Crippen molar-refractivity contribution in [3.05, 3.63) is 0 Å². The van der Waals surface area contributed by atoms with E-state index in [0.717, 1.165) is 0 Å². The van der Waals surface area contributed by atoms with Crippen molar-refractivity contribution in [3.63, 3.8) is 0 Å². The predicted molar refractivity (Wildman–Crippen MR) is 74.9 cm³/mol. The van der Waals surface area contributed by atoms with Crippen LogP contribution < -0.4 is 0 Å². The summed E-state index contributed by atoms with van der Waals surface area (Å²) in [6, 6.07) is -0.773. The number of esters is 1. The number of ether oxygens (including phenoxy) is 1. The number of likely N-dealkylation sites (N-methyl/N-ethyl adjacent to an activating group) is 1. The summed E-state index contributed by atoms with van der Waals surface area (Å²) in [5.41, 5.74) is 0. The van der Waals surface area contributed by atoms with Gasteiger partial charge in [0.1, 0.15) is 12.6 Å². The fourth-order valence-electron chi connectivity index (χ4n) is 2.19. The Morgan fingerprint density at radius 3 is 2.24 bits per heavy atom.